The molecule has 162 valence electrons. The smallest absolute Gasteiger partial charge is 0.211 e. The fourth-order valence-corrected chi connectivity index (χ4v) is 4.23. The summed E-state index contributed by atoms with van der Waals surface area (Å²) in [5.41, 5.74) is 0. The molecule has 1 unspecified atom stereocenters. The van der Waals surface area contributed by atoms with Gasteiger partial charge in [-0.1, -0.05) is 6.07 Å². The zero-order chi connectivity index (χ0) is 19.5. The van der Waals surface area contributed by atoms with E-state index in [-0.39, 0.29) is 35.8 Å². The molecule has 28 heavy (non-hydrogen) atoms. The van der Waals surface area contributed by atoms with Crippen molar-refractivity contribution in [3.8, 4) is 0 Å². The van der Waals surface area contributed by atoms with Crippen LogP contribution >= 0.6 is 35.3 Å². The predicted molar refractivity (Wildman–Crippen MR) is 126 cm³/mol. The van der Waals surface area contributed by atoms with Crippen LogP contribution in [-0.4, -0.2) is 77.5 Å². The normalized spacial score (nSPS) is 17.0. The van der Waals surface area contributed by atoms with Crippen LogP contribution in [0.5, 0.6) is 0 Å². The van der Waals surface area contributed by atoms with Gasteiger partial charge in [0.25, 0.3) is 0 Å². The van der Waals surface area contributed by atoms with E-state index in [4.69, 9.17) is 9.73 Å². The van der Waals surface area contributed by atoms with Crippen molar-refractivity contribution < 1.29 is 13.2 Å². The van der Waals surface area contributed by atoms with Crippen LogP contribution in [0.4, 0.5) is 0 Å². The molecule has 1 aromatic heterocycles. The van der Waals surface area contributed by atoms with E-state index in [2.05, 4.69) is 37.8 Å². The zero-order valence-corrected chi connectivity index (χ0v) is 20.5. The summed E-state index contributed by atoms with van der Waals surface area (Å²) in [5.74, 6) is 0.784. The maximum absolute atomic E-state index is 11.5. The second-order valence-electron chi connectivity index (χ2n) is 6.12. The maximum Gasteiger partial charge on any atom is 0.211 e. The van der Waals surface area contributed by atoms with E-state index in [0.717, 1.165) is 32.8 Å². The minimum Gasteiger partial charge on any atom is -0.379 e. The van der Waals surface area contributed by atoms with Crippen molar-refractivity contribution in [3.63, 3.8) is 0 Å². The first-order valence-corrected chi connectivity index (χ1v) is 11.9. The first-order chi connectivity index (χ1) is 13.1. The molecule has 2 rings (SSSR count). The maximum atomic E-state index is 11.5. The Morgan fingerprint density at radius 3 is 2.64 bits per heavy atom. The lowest BCUT2D eigenvalue weighted by molar-refractivity contribution is 0.0186. The number of thiophene rings is 1. The molecule has 0 amide bonds. The van der Waals surface area contributed by atoms with Gasteiger partial charge in [-0.15, -0.1) is 35.3 Å². The molecular formula is C17H32IN5O3S2. The van der Waals surface area contributed by atoms with Crippen molar-refractivity contribution in [3.05, 3.63) is 22.4 Å². The summed E-state index contributed by atoms with van der Waals surface area (Å²) in [4.78, 5) is 8.45. The number of hydrogen-bond acceptors (Lipinski definition) is 6. The fraction of sp³-hybridized carbons (Fsp3) is 0.706. The predicted octanol–water partition coefficient (Wildman–Crippen LogP) is 1.23. The molecule has 1 aliphatic rings. The molecule has 11 heteroatoms. The number of guanidine groups is 1. The molecule has 1 fully saturated rings. The van der Waals surface area contributed by atoms with E-state index in [1.54, 1.807) is 18.3 Å². The van der Waals surface area contributed by atoms with Crippen LogP contribution in [0.2, 0.25) is 0 Å². The van der Waals surface area contributed by atoms with E-state index < -0.39 is 10.0 Å². The fourth-order valence-electron chi connectivity index (χ4n) is 2.76. The lowest BCUT2D eigenvalue weighted by atomic mass is 10.2. The highest BCUT2D eigenvalue weighted by Crippen LogP contribution is 2.26. The van der Waals surface area contributed by atoms with Gasteiger partial charge in [0, 0.05) is 37.6 Å². The van der Waals surface area contributed by atoms with Crippen molar-refractivity contribution in [2.75, 3.05) is 58.2 Å². The zero-order valence-electron chi connectivity index (χ0n) is 16.5. The number of nitrogens with one attached hydrogen (secondary N) is 3. The highest BCUT2D eigenvalue weighted by molar-refractivity contribution is 14.0. The van der Waals surface area contributed by atoms with Crippen LogP contribution < -0.4 is 15.4 Å². The number of morpholine rings is 1. The summed E-state index contributed by atoms with van der Waals surface area (Å²) < 4.78 is 31.0. The summed E-state index contributed by atoms with van der Waals surface area (Å²) in [7, 11) is -3.17. The standard InChI is InChI=1S/C17H31N5O3S2.HI/c1-3-18-17(19-7-8-21-27(23,24)4-2)20-14-15(16-6-5-13-26-16)22-9-11-25-12-10-22;/h5-6,13,15,21H,3-4,7-12,14H2,1-2H3,(H2,18,19,20);1H. The molecule has 0 bridgehead atoms. The largest absolute Gasteiger partial charge is 0.379 e. The average molecular weight is 546 g/mol. The molecule has 0 aromatic carbocycles. The van der Waals surface area contributed by atoms with Crippen LogP contribution in [0.25, 0.3) is 0 Å². The second-order valence-corrected chi connectivity index (χ2v) is 9.20. The van der Waals surface area contributed by atoms with Crippen molar-refractivity contribution in [1.82, 2.24) is 20.3 Å². The number of sulfonamides is 1. The van der Waals surface area contributed by atoms with Crippen LogP contribution in [-0.2, 0) is 14.8 Å². The number of nitrogens with zero attached hydrogens (tertiary/aromatic N) is 2. The molecule has 8 nitrogen and oxygen atoms in total. The summed E-state index contributed by atoms with van der Waals surface area (Å²) in [6.45, 7) is 9.13. The molecule has 3 N–H and O–H groups in total. The number of ether oxygens (including phenoxy) is 1. The van der Waals surface area contributed by atoms with Gasteiger partial charge in [-0.2, -0.15) is 0 Å². The van der Waals surface area contributed by atoms with Crippen LogP contribution in [0.1, 0.15) is 24.8 Å². The third-order valence-corrected chi connectivity index (χ3v) is 6.62. The Bertz CT molecular complexity index is 664. The second kappa shape index (κ2) is 13.7. The Morgan fingerprint density at radius 2 is 2.04 bits per heavy atom. The Morgan fingerprint density at radius 1 is 1.29 bits per heavy atom. The quantitative estimate of drug-likeness (QED) is 0.177. The van der Waals surface area contributed by atoms with E-state index in [0.29, 0.717) is 25.6 Å². The third kappa shape index (κ3) is 8.91. The Balaban J connectivity index is 0.00000392. The van der Waals surface area contributed by atoms with Crippen LogP contribution in [0, 0.1) is 0 Å². The van der Waals surface area contributed by atoms with Gasteiger partial charge < -0.3 is 15.4 Å². The molecular weight excluding hydrogens is 513 g/mol. The molecule has 0 aliphatic carbocycles. The summed E-state index contributed by atoms with van der Waals surface area (Å²) in [6, 6.07) is 4.45. The first kappa shape index (κ1) is 25.6. The highest BCUT2D eigenvalue weighted by atomic mass is 127. The van der Waals surface area contributed by atoms with Gasteiger partial charge in [-0.05, 0) is 25.3 Å². The van der Waals surface area contributed by atoms with Gasteiger partial charge >= 0.3 is 0 Å². The van der Waals surface area contributed by atoms with Crippen molar-refractivity contribution in [2.45, 2.75) is 19.9 Å². The topological polar surface area (TPSA) is 95.1 Å². The number of halogens is 1. The van der Waals surface area contributed by atoms with E-state index in [1.165, 1.54) is 4.88 Å². The first-order valence-electron chi connectivity index (χ1n) is 9.40. The lowest BCUT2D eigenvalue weighted by Crippen LogP contribution is -2.43. The number of hydrogen-bond donors (Lipinski definition) is 3. The summed E-state index contributed by atoms with van der Waals surface area (Å²) in [5, 5.41) is 8.51. The molecule has 0 spiro atoms. The molecule has 1 aliphatic heterocycles. The Kier molecular flexibility index (Phi) is 12.5. The SMILES string of the molecule is CCNC(=NCC(c1cccs1)N1CCOCC1)NCCNS(=O)(=O)CC.I. The molecule has 1 saturated heterocycles. The van der Waals surface area contributed by atoms with Gasteiger partial charge in [-0.25, -0.2) is 13.1 Å². The van der Waals surface area contributed by atoms with Crippen molar-refractivity contribution in [1.29, 1.82) is 0 Å². The minimum absolute atomic E-state index is 0. The van der Waals surface area contributed by atoms with E-state index in [1.807, 2.05) is 6.92 Å². The lowest BCUT2D eigenvalue weighted by Gasteiger charge is -2.33. The number of rotatable bonds is 10. The van der Waals surface area contributed by atoms with Crippen molar-refractivity contribution >= 4 is 51.3 Å². The van der Waals surface area contributed by atoms with Gasteiger partial charge in [0.05, 0.1) is 31.6 Å². The van der Waals surface area contributed by atoms with Gasteiger partial charge in [0.15, 0.2) is 5.96 Å². The molecule has 2 heterocycles. The van der Waals surface area contributed by atoms with Crippen LogP contribution in [0.3, 0.4) is 0 Å². The highest BCUT2D eigenvalue weighted by Gasteiger charge is 2.23. The van der Waals surface area contributed by atoms with Gasteiger partial charge in [0.1, 0.15) is 0 Å². The third-order valence-electron chi connectivity index (χ3n) is 4.24. The number of aliphatic imine (C=N–C) groups is 1. The van der Waals surface area contributed by atoms with E-state index >= 15 is 0 Å². The Labute approximate surface area is 189 Å². The van der Waals surface area contributed by atoms with E-state index in [9.17, 15) is 8.42 Å². The van der Waals surface area contributed by atoms with Gasteiger partial charge in [-0.3, -0.25) is 9.89 Å². The summed E-state index contributed by atoms with van der Waals surface area (Å²) >= 11 is 1.75. The Hall–Kier alpha value is -0.470. The summed E-state index contributed by atoms with van der Waals surface area (Å²) in [6.07, 6.45) is 0. The minimum atomic E-state index is -3.17. The molecule has 1 atom stereocenters. The van der Waals surface area contributed by atoms with Gasteiger partial charge in [0.2, 0.25) is 10.0 Å². The average Bonchev–Trinajstić information content (AvgIpc) is 3.20. The molecule has 1 aromatic rings. The molecule has 0 radical (unpaired) electrons. The molecule has 0 saturated carbocycles. The van der Waals surface area contributed by atoms with Crippen LogP contribution in [0.15, 0.2) is 22.5 Å². The monoisotopic (exact) mass is 545 g/mol. The van der Waals surface area contributed by atoms with Crippen molar-refractivity contribution in [2.24, 2.45) is 4.99 Å².